The number of hydrogen-bond acceptors (Lipinski definition) is 4. The number of anilines is 1. The molecule has 0 aliphatic rings. The van der Waals surface area contributed by atoms with Gasteiger partial charge in [0, 0.05) is 6.54 Å². The summed E-state index contributed by atoms with van der Waals surface area (Å²) in [5.41, 5.74) is 0.869. The second kappa shape index (κ2) is 7.88. The Morgan fingerprint density at radius 2 is 2.00 bits per heavy atom. The Bertz CT molecular complexity index is 590. The number of rotatable bonds is 7. The molecular formula is C16H19BrN2O2. The second-order valence-corrected chi connectivity index (χ2v) is 5.36. The third-order valence-electron chi connectivity index (χ3n) is 2.88. The summed E-state index contributed by atoms with van der Waals surface area (Å²) in [6, 6.07) is 11.6. The number of para-hydroxylation sites is 1. The molecule has 112 valence electrons. The zero-order valence-electron chi connectivity index (χ0n) is 12.2. The Hall–Kier alpha value is -1.75. The summed E-state index contributed by atoms with van der Waals surface area (Å²) < 4.78 is 12.0. The molecule has 0 saturated heterocycles. The first kappa shape index (κ1) is 15.6. The van der Waals surface area contributed by atoms with Crippen molar-refractivity contribution in [1.82, 2.24) is 4.98 Å². The van der Waals surface area contributed by atoms with E-state index in [1.54, 1.807) is 7.11 Å². The van der Waals surface area contributed by atoms with E-state index in [0.29, 0.717) is 18.1 Å². The van der Waals surface area contributed by atoms with E-state index in [1.165, 1.54) is 0 Å². The van der Waals surface area contributed by atoms with Crippen molar-refractivity contribution >= 4 is 21.7 Å². The molecule has 2 rings (SSSR count). The first-order valence-corrected chi connectivity index (χ1v) is 7.69. The lowest BCUT2D eigenvalue weighted by Gasteiger charge is -2.12. The second-order valence-electron chi connectivity index (χ2n) is 4.50. The highest BCUT2D eigenvalue weighted by Gasteiger charge is 2.09. The van der Waals surface area contributed by atoms with Crippen molar-refractivity contribution in [1.29, 1.82) is 0 Å². The molecule has 2 aromatic rings. The summed E-state index contributed by atoms with van der Waals surface area (Å²) in [4.78, 5) is 4.52. The van der Waals surface area contributed by atoms with Gasteiger partial charge >= 0.3 is 0 Å². The van der Waals surface area contributed by atoms with Crippen LogP contribution < -0.4 is 14.8 Å². The van der Waals surface area contributed by atoms with Crippen molar-refractivity contribution in [3.8, 4) is 11.5 Å². The summed E-state index contributed by atoms with van der Waals surface area (Å²) in [5, 5.41) is 3.27. The molecule has 5 heteroatoms. The number of pyridine rings is 1. The number of hydrogen-bond donors (Lipinski definition) is 1. The standard InChI is InChI=1S/C16H19BrN2O2/c1-3-10-18-15-9-4-6-12(19-15)11-21-16-13(17)7-5-8-14(16)20-2/h4-9H,3,10-11H2,1-2H3,(H,18,19). The lowest BCUT2D eigenvalue weighted by molar-refractivity contribution is 0.279. The van der Waals surface area contributed by atoms with Crippen LogP contribution in [0.3, 0.4) is 0 Å². The Morgan fingerprint density at radius 3 is 2.76 bits per heavy atom. The third-order valence-corrected chi connectivity index (χ3v) is 3.50. The van der Waals surface area contributed by atoms with Crippen LogP contribution in [0.4, 0.5) is 5.82 Å². The summed E-state index contributed by atoms with van der Waals surface area (Å²) in [6.07, 6.45) is 1.07. The molecule has 0 radical (unpaired) electrons. The van der Waals surface area contributed by atoms with Crippen LogP contribution >= 0.6 is 15.9 Å². The van der Waals surface area contributed by atoms with E-state index in [4.69, 9.17) is 9.47 Å². The van der Waals surface area contributed by atoms with Gasteiger partial charge in [0.15, 0.2) is 11.5 Å². The highest BCUT2D eigenvalue weighted by Crippen LogP contribution is 2.35. The van der Waals surface area contributed by atoms with Gasteiger partial charge < -0.3 is 14.8 Å². The summed E-state index contributed by atoms with van der Waals surface area (Å²) >= 11 is 3.47. The number of halogens is 1. The molecule has 1 aromatic heterocycles. The molecule has 0 fully saturated rings. The predicted octanol–water partition coefficient (Wildman–Crippen LogP) is 4.25. The number of nitrogens with one attached hydrogen (secondary N) is 1. The molecule has 0 bridgehead atoms. The molecule has 21 heavy (non-hydrogen) atoms. The number of benzene rings is 1. The van der Waals surface area contributed by atoms with Crippen LogP contribution in [0.5, 0.6) is 11.5 Å². The average Bonchev–Trinajstić information content (AvgIpc) is 2.52. The van der Waals surface area contributed by atoms with Crippen molar-refractivity contribution in [3.63, 3.8) is 0 Å². The fraction of sp³-hybridized carbons (Fsp3) is 0.312. The Kier molecular flexibility index (Phi) is 5.87. The van der Waals surface area contributed by atoms with Gasteiger partial charge in [0.2, 0.25) is 0 Å². The minimum absolute atomic E-state index is 0.390. The molecule has 0 aliphatic heterocycles. The monoisotopic (exact) mass is 350 g/mol. The van der Waals surface area contributed by atoms with E-state index in [-0.39, 0.29) is 0 Å². The van der Waals surface area contributed by atoms with Gasteiger partial charge in [-0.2, -0.15) is 0 Å². The van der Waals surface area contributed by atoms with Gasteiger partial charge in [-0.3, -0.25) is 0 Å². The Morgan fingerprint density at radius 1 is 1.19 bits per heavy atom. The van der Waals surface area contributed by atoms with Gasteiger partial charge in [0.1, 0.15) is 12.4 Å². The molecule has 0 unspecified atom stereocenters. The predicted molar refractivity (Wildman–Crippen MR) is 88.0 cm³/mol. The molecular weight excluding hydrogens is 332 g/mol. The van der Waals surface area contributed by atoms with Crippen LogP contribution in [0.15, 0.2) is 40.9 Å². The van der Waals surface area contributed by atoms with Crippen molar-refractivity contribution in [2.45, 2.75) is 20.0 Å². The lowest BCUT2D eigenvalue weighted by atomic mass is 10.3. The minimum atomic E-state index is 0.390. The zero-order chi connectivity index (χ0) is 15.1. The molecule has 0 amide bonds. The Labute approximate surface area is 133 Å². The molecule has 1 N–H and O–H groups in total. The van der Waals surface area contributed by atoms with Gasteiger partial charge in [0.05, 0.1) is 17.3 Å². The molecule has 1 aromatic carbocycles. The quantitative estimate of drug-likeness (QED) is 0.810. The van der Waals surface area contributed by atoms with Crippen molar-refractivity contribution < 1.29 is 9.47 Å². The van der Waals surface area contributed by atoms with E-state index in [0.717, 1.165) is 29.0 Å². The van der Waals surface area contributed by atoms with Gasteiger partial charge in [-0.25, -0.2) is 4.98 Å². The van der Waals surface area contributed by atoms with Crippen molar-refractivity contribution in [2.75, 3.05) is 19.0 Å². The van der Waals surface area contributed by atoms with Crippen molar-refractivity contribution in [3.05, 3.63) is 46.6 Å². The van der Waals surface area contributed by atoms with E-state index in [9.17, 15) is 0 Å². The average molecular weight is 351 g/mol. The molecule has 0 aliphatic carbocycles. The topological polar surface area (TPSA) is 43.4 Å². The van der Waals surface area contributed by atoms with Crippen LogP contribution in [-0.2, 0) is 6.61 Å². The highest BCUT2D eigenvalue weighted by molar-refractivity contribution is 9.10. The van der Waals surface area contributed by atoms with Gasteiger partial charge in [0.25, 0.3) is 0 Å². The zero-order valence-corrected chi connectivity index (χ0v) is 13.8. The van der Waals surface area contributed by atoms with Gasteiger partial charge in [-0.15, -0.1) is 0 Å². The number of methoxy groups -OCH3 is 1. The summed E-state index contributed by atoms with van der Waals surface area (Å²) in [5.74, 6) is 2.26. The maximum absolute atomic E-state index is 5.84. The van der Waals surface area contributed by atoms with E-state index < -0.39 is 0 Å². The van der Waals surface area contributed by atoms with Gasteiger partial charge in [-0.1, -0.05) is 19.1 Å². The van der Waals surface area contributed by atoms with Crippen LogP contribution in [0, 0.1) is 0 Å². The summed E-state index contributed by atoms with van der Waals surface area (Å²) in [6.45, 7) is 3.43. The van der Waals surface area contributed by atoms with Crippen LogP contribution in [0.1, 0.15) is 19.0 Å². The molecule has 1 heterocycles. The molecule has 4 nitrogen and oxygen atoms in total. The maximum Gasteiger partial charge on any atom is 0.175 e. The van der Waals surface area contributed by atoms with Crippen LogP contribution in [0.2, 0.25) is 0 Å². The first-order chi connectivity index (χ1) is 10.2. The minimum Gasteiger partial charge on any atom is -0.493 e. The smallest absolute Gasteiger partial charge is 0.175 e. The van der Waals surface area contributed by atoms with Gasteiger partial charge in [-0.05, 0) is 46.6 Å². The number of nitrogens with zero attached hydrogens (tertiary/aromatic N) is 1. The van der Waals surface area contributed by atoms with Crippen LogP contribution in [-0.4, -0.2) is 18.6 Å². The lowest BCUT2D eigenvalue weighted by Crippen LogP contribution is -2.05. The largest absolute Gasteiger partial charge is 0.493 e. The normalized spacial score (nSPS) is 10.2. The molecule has 0 spiro atoms. The number of ether oxygens (including phenoxy) is 2. The molecule has 0 saturated carbocycles. The van der Waals surface area contributed by atoms with E-state index >= 15 is 0 Å². The fourth-order valence-corrected chi connectivity index (χ4v) is 2.31. The summed E-state index contributed by atoms with van der Waals surface area (Å²) in [7, 11) is 1.63. The van der Waals surface area contributed by atoms with E-state index in [1.807, 2.05) is 36.4 Å². The maximum atomic E-state index is 5.84. The number of aromatic nitrogens is 1. The Balaban J connectivity index is 2.06. The molecule has 0 atom stereocenters. The first-order valence-electron chi connectivity index (χ1n) is 6.89. The van der Waals surface area contributed by atoms with Crippen molar-refractivity contribution in [2.24, 2.45) is 0 Å². The van der Waals surface area contributed by atoms with E-state index in [2.05, 4.69) is 33.2 Å². The third kappa shape index (κ3) is 4.36. The highest BCUT2D eigenvalue weighted by atomic mass is 79.9. The fourth-order valence-electron chi connectivity index (χ4n) is 1.85. The van der Waals surface area contributed by atoms with Crippen LogP contribution in [0.25, 0.3) is 0 Å². The SMILES string of the molecule is CCCNc1cccc(COc2c(Br)cccc2OC)n1.